The molecule has 5 atom stereocenters. The van der Waals surface area contributed by atoms with Crippen LogP contribution in [0.25, 0.3) is 0 Å². The molecule has 9 nitrogen and oxygen atoms in total. The summed E-state index contributed by atoms with van der Waals surface area (Å²) in [5, 5.41) is 0. The number of ether oxygens (including phenoxy) is 6. The molecule has 0 aliphatic carbocycles. The Morgan fingerprint density at radius 1 is 0.862 bits per heavy atom. The molecule has 0 aromatic heterocycles. The average molecular weight is 522 g/mol. The molecule has 29 heavy (non-hydrogen) atoms. The van der Waals surface area contributed by atoms with Crippen molar-refractivity contribution in [2.75, 3.05) is 11.5 Å². The largest absolute Gasteiger partial charge is 0.497 e. The first-order valence-electron chi connectivity index (χ1n) is 8.79. The lowest BCUT2D eigenvalue weighted by atomic mass is 9.99. The normalized spacial score (nSPS) is 26.2. The molecule has 1 saturated heterocycles. The van der Waals surface area contributed by atoms with Crippen LogP contribution in [0.2, 0.25) is 0 Å². The summed E-state index contributed by atoms with van der Waals surface area (Å²) in [5.74, 6) is -0.777. The maximum absolute atomic E-state index is 11.7. The van der Waals surface area contributed by atoms with Gasteiger partial charge in [-0.25, -0.2) is 0 Å². The molecule has 2 rings (SSSR count). The minimum atomic E-state index is -1.15. The van der Waals surface area contributed by atoms with E-state index in [1.165, 1.54) is 20.8 Å². The Kier molecular flexibility index (Phi) is 8.50. The highest BCUT2D eigenvalue weighted by molar-refractivity contribution is 14.1. The Morgan fingerprint density at radius 3 is 1.83 bits per heavy atom. The Balaban J connectivity index is 2.37. The first kappa shape index (κ1) is 23.2. The molecule has 160 valence electrons. The second kappa shape index (κ2) is 10.6. The van der Waals surface area contributed by atoms with Gasteiger partial charge in [0.05, 0.1) is 7.11 Å². The average Bonchev–Trinajstić information content (AvgIpc) is 2.65. The molecule has 0 bridgehead atoms. The molecule has 1 aromatic rings. The molecule has 0 spiro atoms. The number of benzene rings is 1. The third kappa shape index (κ3) is 6.46. The van der Waals surface area contributed by atoms with Crippen LogP contribution < -0.4 is 9.47 Å². The van der Waals surface area contributed by atoms with Gasteiger partial charge in [-0.3, -0.25) is 14.4 Å². The van der Waals surface area contributed by atoms with E-state index in [-0.39, 0.29) is 0 Å². The molecular weight excluding hydrogens is 499 g/mol. The summed E-state index contributed by atoms with van der Waals surface area (Å²) in [6.07, 6.45) is -4.96. The molecule has 0 radical (unpaired) electrons. The number of methoxy groups -OCH3 is 1. The zero-order chi connectivity index (χ0) is 21.6. The summed E-state index contributed by atoms with van der Waals surface area (Å²) in [6.45, 7) is 3.65. The topological polar surface area (TPSA) is 107 Å². The van der Waals surface area contributed by atoms with Gasteiger partial charge in [0.1, 0.15) is 17.6 Å². The standard InChI is InChI=1S/C19H23IO9/c1-10(21)25-16-15(9-20)29-19(28-14-7-5-13(24-4)6-8-14)18(27-12(3)23)17(16)26-11(2)22/h5-8,15-19H,9H2,1-4H3/t15-,16-,17+,18-,19-/m1/s1. The Bertz CT molecular complexity index is 721. The van der Waals surface area contributed by atoms with Crippen LogP contribution in [0.4, 0.5) is 0 Å². The quantitative estimate of drug-likeness (QED) is 0.230. The molecule has 0 saturated carbocycles. The van der Waals surface area contributed by atoms with E-state index in [2.05, 4.69) is 22.6 Å². The van der Waals surface area contributed by atoms with Crippen molar-refractivity contribution in [2.24, 2.45) is 0 Å². The minimum Gasteiger partial charge on any atom is -0.497 e. The number of esters is 3. The van der Waals surface area contributed by atoms with Gasteiger partial charge in [0.2, 0.25) is 12.4 Å². The summed E-state index contributed by atoms with van der Waals surface area (Å²) in [6, 6.07) is 6.70. The van der Waals surface area contributed by atoms with E-state index < -0.39 is 48.6 Å². The molecule has 0 amide bonds. The molecule has 10 heteroatoms. The Labute approximate surface area is 182 Å². The number of carbonyl (C=O) groups is 3. The third-order valence-corrected chi connectivity index (χ3v) is 4.83. The van der Waals surface area contributed by atoms with Crippen LogP contribution in [0.3, 0.4) is 0 Å². The fourth-order valence-corrected chi connectivity index (χ4v) is 3.57. The number of halogens is 1. The molecule has 0 N–H and O–H groups in total. The van der Waals surface area contributed by atoms with Gasteiger partial charge < -0.3 is 28.4 Å². The lowest BCUT2D eigenvalue weighted by Crippen LogP contribution is -2.63. The van der Waals surface area contributed by atoms with Gasteiger partial charge in [-0.2, -0.15) is 0 Å². The second-order valence-electron chi connectivity index (χ2n) is 6.21. The maximum atomic E-state index is 11.7. The smallest absolute Gasteiger partial charge is 0.303 e. The summed E-state index contributed by atoms with van der Waals surface area (Å²) < 4.78 is 33.4. The predicted octanol–water partition coefficient (Wildman–Crippen LogP) is 2.03. The van der Waals surface area contributed by atoms with E-state index >= 15 is 0 Å². The van der Waals surface area contributed by atoms with E-state index in [9.17, 15) is 14.4 Å². The van der Waals surface area contributed by atoms with E-state index in [0.29, 0.717) is 15.9 Å². The monoisotopic (exact) mass is 522 g/mol. The van der Waals surface area contributed by atoms with Crippen molar-refractivity contribution < 1.29 is 42.8 Å². The first-order valence-corrected chi connectivity index (χ1v) is 10.3. The van der Waals surface area contributed by atoms with E-state index in [1.54, 1.807) is 31.4 Å². The number of hydrogen-bond acceptors (Lipinski definition) is 9. The van der Waals surface area contributed by atoms with Crippen molar-refractivity contribution in [3.8, 4) is 11.5 Å². The minimum absolute atomic E-state index is 0.405. The highest BCUT2D eigenvalue weighted by Gasteiger charge is 2.52. The van der Waals surface area contributed by atoms with Crippen LogP contribution in [0.15, 0.2) is 24.3 Å². The van der Waals surface area contributed by atoms with Crippen molar-refractivity contribution in [2.45, 2.75) is 51.5 Å². The second-order valence-corrected chi connectivity index (χ2v) is 7.09. The van der Waals surface area contributed by atoms with Crippen molar-refractivity contribution in [1.29, 1.82) is 0 Å². The number of hydrogen-bond donors (Lipinski definition) is 0. The van der Waals surface area contributed by atoms with Crippen LogP contribution in [-0.4, -0.2) is 60.2 Å². The SMILES string of the molecule is COc1ccc(O[C@@H]2O[C@H](CI)[C@@H](OC(C)=O)[C@H](OC(C)=O)[C@H]2OC(C)=O)cc1. The van der Waals surface area contributed by atoms with Crippen molar-refractivity contribution in [1.82, 2.24) is 0 Å². The lowest BCUT2D eigenvalue weighted by Gasteiger charge is -2.43. The summed E-state index contributed by atoms with van der Waals surface area (Å²) in [7, 11) is 1.54. The van der Waals surface area contributed by atoms with Gasteiger partial charge in [-0.05, 0) is 24.3 Å². The number of rotatable bonds is 7. The van der Waals surface area contributed by atoms with Gasteiger partial charge in [0.15, 0.2) is 12.2 Å². The van der Waals surface area contributed by atoms with Crippen LogP contribution in [0, 0.1) is 0 Å². The van der Waals surface area contributed by atoms with Crippen LogP contribution in [0.1, 0.15) is 20.8 Å². The zero-order valence-electron chi connectivity index (χ0n) is 16.5. The van der Waals surface area contributed by atoms with Gasteiger partial charge in [-0.1, -0.05) is 22.6 Å². The molecule has 1 aliphatic heterocycles. The molecule has 1 heterocycles. The molecule has 1 aliphatic rings. The number of carbonyl (C=O) groups excluding carboxylic acids is 3. The van der Waals surface area contributed by atoms with E-state index in [0.717, 1.165) is 0 Å². The van der Waals surface area contributed by atoms with E-state index in [1.807, 2.05) is 0 Å². The van der Waals surface area contributed by atoms with Crippen molar-refractivity contribution in [3.05, 3.63) is 24.3 Å². The first-order chi connectivity index (χ1) is 13.7. The highest BCUT2D eigenvalue weighted by Crippen LogP contribution is 2.31. The van der Waals surface area contributed by atoms with Crippen LogP contribution in [-0.2, 0) is 33.3 Å². The third-order valence-electron chi connectivity index (χ3n) is 3.96. The molecule has 0 unspecified atom stereocenters. The van der Waals surface area contributed by atoms with Crippen molar-refractivity contribution in [3.63, 3.8) is 0 Å². The zero-order valence-corrected chi connectivity index (χ0v) is 18.6. The summed E-state index contributed by atoms with van der Waals surface area (Å²) in [5.41, 5.74) is 0. The van der Waals surface area contributed by atoms with Gasteiger partial charge in [0, 0.05) is 25.2 Å². The Hall–Kier alpha value is -2.08. The molecular formula is C19H23IO9. The van der Waals surface area contributed by atoms with Crippen LogP contribution in [0.5, 0.6) is 11.5 Å². The molecule has 1 fully saturated rings. The highest BCUT2D eigenvalue weighted by atomic mass is 127. The molecule has 1 aromatic carbocycles. The lowest BCUT2D eigenvalue weighted by molar-refractivity contribution is -0.279. The predicted molar refractivity (Wildman–Crippen MR) is 108 cm³/mol. The number of alkyl halides is 1. The summed E-state index contributed by atoms with van der Waals surface area (Å²) >= 11 is 2.06. The fourth-order valence-electron chi connectivity index (χ4n) is 2.86. The van der Waals surface area contributed by atoms with Gasteiger partial charge in [-0.15, -0.1) is 0 Å². The van der Waals surface area contributed by atoms with Gasteiger partial charge >= 0.3 is 17.9 Å². The van der Waals surface area contributed by atoms with Gasteiger partial charge in [0.25, 0.3) is 0 Å². The fraction of sp³-hybridized carbons (Fsp3) is 0.526. The Morgan fingerprint density at radius 2 is 1.34 bits per heavy atom. The van der Waals surface area contributed by atoms with Crippen molar-refractivity contribution >= 4 is 40.5 Å². The maximum Gasteiger partial charge on any atom is 0.303 e. The summed E-state index contributed by atoms with van der Waals surface area (Å²) in [4.78, 5) is 35.0. The van der Waals surface area contributed by atoms with E-state index in [4.69, 9.17) is 28.4 Å². The van der Waals surface area contributed by atoms with Crippen LogP contribution >= 0.6 is 22.6 Å².